The highest BCUT2D eigenvalue weighted by Crippen LogP contribution is 2.39. The highest BCUT2D eigenvalue weighted by molar-refractivity contribution is 5.89. The van der Waals surface area contributed by atoms with Crippen molar-refractivity contribution in [2.75, 3.05) is 18.4 Å². The Kier molecular flexibility index (Phi) is 5.58. The van der Waals surface area contributed by atoms with Gasteiger partial charge >= 0.3 is 12.0 Å². The van der Waals surface area contributed by atoms with Crippen molar-refractivity contribution in [1.29, 1.82) is 0 Å². The van der Waals surface area contributed by atoms with Crippen LogP contribution in [0.15, 0.2) is 59.2 Å². The lowest BCUT2D eigenvalue weighted by molar-refractivity contribution is 0.198. The van der Waals surface area contributed by atoms with Gasteiger partial charge in [-0.1, -0.05) is 35.9 Å². The molecule has 164 valence electrons. The monoisotopic (exact) mass is 431 g/mol. The van der Waals surface area contributed by atoms with E-state index < -0.39 is 0 Å². The van der Waals surface area contributed by atoms with Crippen LogP contribution in [0.3, 0.4) is 0 Å². The van der Waals surface area contributed by atoms with E-state index in [1.54, 1.807) is 0 Å². The third-order valence-electron chi connectivity index (χ3n) is 5.88. The average molecular weight is 431 g/mol. The predicted octanol–water partition coefficient (Wildman–Crippen LogP) is 5.09. The molecule has 1 aliphatic heterocycles. The molecule has 0 bridgehead atoms. The summed E-state index contributed by atoms with van der Waals surface area (Å²) in [5, 5.41) is 6.41. The van der Waals surface area contributed by atoms with E-state index in [0.717, 1.165) is 12.0 Å². The number of carbonyl (C=O) groups excluding carboxylic acids is 1. The minimum atomic E-state index is -0.137. The maximum Gasteiger partial charge on any atom is 0.322 e. The summed E-state index contributed by atoms with van der Waals surface area (Å²) in [6.45, 7) is 3.45. The van der Waals surface area contributed by atoms with E-state index in [1.807, 2.05) is 35.5 Å². The zero-order valence-corrected chi connectivity index (χ0v) is 17.9. The molecule has 3 aromatic rings. The number of amides is 2. The van der Waals surface area contributed by atoms with Crippen LogP contribution in [0.25, 0.3) is 6.08 Å². The van der Waals surface area contributed by atoms with E-state index in [4.69, 9.17) is 9.26 Å². The molecule has 3 heterocycles. The molecule has 32 heavy (non-hydrogen) atoms. The molecule has 1 aromatic carbocycles. The summed E-state index contributed by atoms with van der Waals surface area (Å²) in [5.41, 5.74) is 4.11. The van der Waals surface area contributed by atoms with Crippen LogP contribution in [0, 0.1) is 5.92 Å². The standard InChI is InChI=1S/C24H25N5O3/c1-16-14-29(24(30)28-21-13-27-31-15-21)8-7-19(16)9-17-3-2-4-22(10-17)32-23-25-11-20(12-26-23)18-5-6-18/h2-4,9-13,15-16,18H,5-8,14H2,1H3,(H,28,30)/b19-9+. The molecule has 1 saturated heterocycles. The highest BCUT2D eigenvalue weighted by atomic mass is 16.5. The van der Waals surface area contributed by atoms with Gasteiger partial charge in [0.05, 0.1) is 6.20 Å². The van der Waals surface area contributed by atoms with Crippen LogP contribution in [-0.2, 0) is 0 Å². The number of likely N-dealkylation sites (tertiary alicyclic amines) is 1. The van der Waals surface area contributed by atoms with Gasteiger partial charge in [-0.05, 0) is 54.4 Å². The fourth-order valence-electron chi connectivity index (χ4n) is 3.91. The summed E-state index contributed by atoms with van der Waals surface area (Å²) in [5.74, 6) is 1.58. The number of hydrogen-bond acceptors (Lipinski definition) is 6. The number of rotatable bonds is 5. The SMILES string of the molecule is CC1CN(C(=O)Nc2cnoc2)CC/C1=C\c1cccc(Oc2ncc(C3CC3)cn2)c1. The first-order valence-corrected chi connectivity index (χ1v) is 10.9. The summed E-state index contributed by atoms with van der Waals surface area (Å²) in [7, 11) is 0. The van der Waals surface area contributed by atoms with Crippen molar-refractivity contribution in [2.24, 2.45) is 5.92 Å². The fraction of sp³-hybridized carbons (Fsp3) is 0.333. The second-order valence-corrected chi connectivity index (χ2v) is 8.41. The number of ether oxygens (including phenoxy) is 1. The quantitative estimate of drug-likeness (QED) is 0.605. The van der Waals surface area contributed by atoms with Gasteiger partial charge in [0, 0.05) is 25.5 Å². The van der Waals surface area contributed by atoms with Crippen molar-refractivity contribution >= 4 is 17.8 Å². The van der Waals surface area contributed by atoms with Crippen molar-refractivity contribution in [2.45, 2.75) is 32.1 Å². The summed E-state index contributed by atoms with van der Waals surface area (Å²) in [6, 6.07) is 8.13. The molecule has 8 nitrogen and oxygen atoms in total. The molecule has 1 aliphatic carbocycles. The Balaban J connectivity index is 1.21. The van der Waals surface area contributed by atoms with E-state index in [0.29, 0.717) is 36.5 Å². The summed E-state index contributed by atoms with van der Waals surface area (Å²) in [6.07, 6.45) is 12.1. The van der Waals surface area contributed by atoms with Gasteiger partial charge in [0.15, 0.2) is 0 Å². The first-order valence-electron chi connectivity index (χ1n) is 10.9. The Morgan fingerprint density at radius 1 is 1.25 bits per heavy atom. The van der Waals surface area contributed by atoms with Crippen LogP contribution in [0.1, 0.15) is 43.2 Å². The van der Waals surface area contributed by atoms with E-state index in [1.165, 1.54) is 36.4 Å². The van der Waals surface area contributed by atoms with Crippen LogP contribution >= 0.6 is 0 Å². The molecule has 0 radical (unpaired) electrons. The van der Waals surface area contributed by atoms with Gasteiger partial charge in [0.1, 0.15) is 17.7 Å². The average Bonchev–Trinajstić information content (AvgIpc) is 3.52. The van der Waals surface area contributed by atoms with Crippen LogP contribution in [0.4, 0.5) is 10.5 Å². The van der Waals surface area contributed by atoms with E-state index in [2.05, 4.69) is 39.5 Å². The number of hydrogen-bond donors (Lipinski definition) is 1. The van der Waals surface area contributed by atoms with Gasteiger partial charge in [0.2, 0.25) is 0 Å². The van der Waals surface area contributed by atoms with E-state index in [-0.39, 0.29) is 11.9 Å². The summed E-state index contributed by atoms with van der Waals surface area (Å²) in [4.78, 5) is 23.0. The van der Waals surface area contributed by atoms with Gasteiger partial charge in [-0.25, -0.2) is 14.8 Å². The Labute approximate surface area is 186 Å². The molecule has 2 fully saturated rings. The first-order chi connectivity index (χ1) is 15.6. The minimum absolute atomic E-state index is 0.137. The van der Waals surface area contributed by atoms with Crippen LogP contribution in [0.5, 0.6) is 11.8 Å². The minimum Gasteiger partial charge on any atom is -0.424 e. The number of urea groups is 1. The maximum atomic E-state index is 12.5. The van der Waals surface area contributed by atoms with Crippen molar-refractivity contribution in [3.63, 3.8) is 0 Å². The largest absolute Gasteiger partial charge is 0.424 e. The summed E-state index contributed by atoms with van der Waals surface area (Å²) < 4.78 is 10.6. The second kappa shape index (κ2) is 8.82. The highest BCUT2D eigenvalue weighted by Gasteiger charge is 2.25. The number of nitrogens with one attached hydrogen (secondary N) is 1. The lowest BCUT2D eigenvalue weighted by atomic mass is 9.91. The van der Waals surface area contributed by atoms with E-state index in [9.17, 15) is 4.79 Å². The molecule has 2 aliphatic rings. The van der Waals surface area contributed by atoms with Crippen molar-refractivity contribution in [1.82, 2.24) is 20.0 Å². The number of benzene rings is 1. The molecule has 1 unspecified atom stereocenters. The molecule has 5 rings (SSSR count). The molecule has 1 saturated carbocycles. The van der Waals surface area contributed by atoms with Gasteiger partial charge in [-0.2, -0.15) is 0 Å². The normalized spacial score (nSPS) is 19.7. The number of piperidine rings is 1. The molecular weight excluding hydrogens is 406 g/mol. The number of anilines is 1. The zero-order chi connectivity index (χ0) is 21.9. The lowest BCUT2D eigenvalue weighted by Crippen LogP contribution is -2.42. The van der Waals surface area contributed by atoms with Crippen molar-refractivity contribution in [3.05, 3.63) is 65.8 Å². The molecule has 2 amide bonds. The maximum absolute atomic E-state index is 12.5. The van der Waals surface area contributed by atoms with Gasteiger partial charge in [0.25, 0.3) is 0 Å². The third kappa shape index (κ3) is 4.80. The van der Waals surface area contributed by atoms with Crippen molar-refractivity contribution < 1.29 is 14.1 Å². The van der Waals surface area contributed by atoms with Gasteiger partial charge in [-0.15, -0.1) is 0 Å². The molecule has 0 spiro atoms. The molecule has 2 aromatic heterocycles. The molecule has 8 heteroatoms. The molecule has 1 atom stereocenters. The van der Waals surface area contributed by atoms with Crippen molar-refractivity contribution in [3.8, 4) is 11.8 Å². The smallest absolute Gasteiger partial charge is 0.322 e. The Morgan fingerprint density at radius 3 is 2.81 bits per heavy atom. The third-order valence-corrected chi connectivity index (χ3v) is 5.88. The number of aromatic nitrogens is 3. The van der Waals surface area contributed by atoms with Crippen LogP contribution in [0.2, 0.25) is 0 Å². The van der Waals surface area contributed by atoms with Crippen LogP contribution in [-0.4, -0.2) is 39.1 Å². The number of nitrogens with zero attached hydrogens (tertiary/aromatic N) is 4. The van der Waals surface area contributed by atoms with Gasteiger partial charge < -0.3 is 19.5 Å². The van der Waals surface area contributed by atoms with E-state index >= 15 is 0 Å². The summed E-state index contributed by atoms with van der Waals surface area (Å²) >= 11 is 0. The number of carbonyl (C=O) groups is 1. The zero-order valence-electron chi connectivity index (χ0n) is 17.9. The predicted molar refractivity (Wildman–Crippen MR) is 119 cm³/mol. The van der Waals surface area contributed by atoms with Gasteiger partial charge in [-0.3, -0.25) is 0 Å². The topological polar surface area (TPSA) is 93.4 Å². The van der Waals surface area contributed by atoms with Crippen LogP contribution < -0.4 is 10.1 Å². The lowest BCUT2D eigenvalue weighted by Gasteiger charge is -2.33. The molecule has 1 N–H and O–H groups in total. The Bertz CT molecular complexity index is 1110. The first kappa shape index (κ1) is 20.2. The molecular formula is C24H25N5O3. The Morgan fingerprint density at radius 2 is 2.09 bits per heavy atom. The Hall–Kier alpha value is -3.68. The second-order valence-electron chi connectivity index (χ2n) is 8.41. The fourth-order valence-corrected chi connectivity index (χ4v) is 3.91.